The van der Waals surface area contributed by atoms with Gasteiger partial charge in [-0.2, -0.15) is 0 Å². The van der Waals surface area contributed by atoms with Crippen LogP contribution in [-0.4, -0.2) is 37.9 Å². The van der Waals surface area contributed by atoms with Gasteiger partial charge in [0.2, 0.25) is 0 Å². The summed E-state index contributed by atoms with van der Waals surface area (Å²) in [6, 6.07) is 7.22. The molecule has 1 saturated heterocycles. The van der Waals surface area contributed by atoms with E-state index in [9.17, 15) is 12.8 Å². The van der Waals surface area contributed by atoms with E-state index in [0.717, 1.165) is 5.56 Å². The summed E-state index contributed by atoms with van der Waals surface area (Å²) in [5, 5.41) is 0. The van der Waals surface area contributed by atoms with E-state index in [1.54, 1.807) is 12.1 Å². The van der Waals surface area contributed by atoms with E-state index in [2.05, 4.69) is 6.07 Å². The molecule has 1 fully saturated rings. The lowest BCUT2D eigenvalue weighted by molar-refractivity contribution is 0.287. The number of halogens is 1. The van der Waals surface area contributed by atoms with Crippen molar-refractivity contribution in [3.63, 3.8) is 0 Å². The summed E-state index contributed by atoms with van der Waals surface area (Å²) >= 11 is 0. The zero-order valence-corrected chi connectivity index (χ0v) is 9.63. The van der Waals surface area contributed by atoms with E-state index < -0.39 is 9.84 Å². The van der Waals surface area contributed by atoms with E-state index in [1.165, 1.54) is 6.07 Å². The van der Waals surface area contributed by atoms with Crippen LogP contribution in [0.15, 0.2) is 18.2 Å². The van der Waals surface area contributed by atoms with Crippen molar-refractivity contribution in [1.82, 2.24) is 4.90 Å². The molecule has 1 aromatic carbocycles. The SMILES string of the molecule is O=S1(=O)CCN(Cc2cc[c]c(F)c2)CC1. The molecule has 0 amide bonds. The number of hydrogen-bond donors (Lipinski definition) is 0. The Kier molecular flexibility index (Phi) is 3.25. The van der Waals surface area contributed by atoms with Crippen molar-refractivity contribution in [2.75, 3.05) is 24.6 Å². The Hall–Kier alpha value is -0.940. The highest BCUT2D eigenvalue weighted by atomic mass is 32.2. The maximum atomic E-state index is 12.9. The third-order valence-corrected chi connectivity index (χ3v) is 4.28. The monoisotopic (exact) mass is 242 g/mol. The van der Waals surface area contributed by atoms with Crippen molar-refractivity contribution in [3.8, 4) is 0 Å². The minimum atomic E-state index is -2.84. The Labute approximate surface area is 94.8 Å². The van der Waals surface area contributed by atoms with E-state index in [4.69, 9.17) is 0 Å². The van der Waals surface area contributed by atoms with Gasteiger partial charge in [0.15, 0.2) is 9.84 Å². The van der Waals surface area contributed by atoms with Gasteiger partial charge in [0.05, 0.1) is 11.5 Å². The third-order valence-electron chi connectivity index (χ3n) is 2.67. The van der Waals surface area contributed by atoms with Gasteiger partial charge in [0.25, 0.3) is 0 Å². The Morgan fingerprint density at radius 3 is 2.69 bits per heavy atom. The molecule has 1 aliphatic heterocycles. The molecule has 1 aromatic rings. The molecule has 3 nitrogen and oxygen atoms in total. The standard InChI is InChI=1S/C11H13FNO2S/c12-11-3-1-2-10(8-11)9-13-4-6-16(14,15)7-5-13/h1-2,8H,4-7,9H2. The van der Waals surface area contributed by atoms with Crippen LogP contribution in [-0.2, 0) is 16.4 Å². The van der Waals surface area contributed by atoms with Gasteiger partial charge < -0.3 is 0 Å². The van der Waals surface area contributed by atoms with E-state index in [1.807, 2.05) is 4.90 Å². The highest BCUT2D eigenvalue weighted by molar-refractivity contribution is 7.91. The molecule has 0 aromatic heterocycles. The summed E-state index contributed by atoms with van der Waals surface area (Å²) in [6.45, 7) is 1.66. The van der Waals surface area contributed by atoms with Crippen LogP contribution in [0.4, 0.5) is 4.39 Å². The van der Waals surface area contributed by atoms with Gasteiger partial charge in [-0.05, 0) is 11.6 Å². The molecule has 0 aliphatic carbocycles. The highest BCUT2D eigenvalue weighted by Crippen LogP contribution is 2.10. The maximum absolute atomic E-state index is 12.9. The molecule has 1 radical (unpaired) electrons. The first-order valence-corrected chi connectivity index (χ1v) is 6.96. The number of hydrogen-bond acceptors (Lipinski definition) is 3. The van der Waals surface area contributed by atoms with Gasteiger partial charge in [-0.1, -0.05) is 12.1 Å². The summed E-state index contributed by atoms with van der Waals surface area (Å²) in [4.78, 5) is 2.02. The van der Waals surface area contributed by atoms with Crippen LogP contribution in [0.1, 0.15) is 5.56 Å². The molecule has 1 heterocycles. The summed E-state index contributed by atoms with van der Waals surface area (Å²) in [5.41, 5.74) is 0.857. The molecule has 0 bridgehead atoms. The quantitative estimate of drug-likeness (QED) is 0.772. The number of nitrogens with zero attached hydrogens (tertiary/aromatic N) is 1. The van der Waals surface area contributed by atoms with E-state index >= 15 is 0 Å². The number of benzene rings is 1. The predicted octanol–water partition coefficient (Wildman–Crippen LogP) is 0.856. The maximum Gasteiger partial charge on any atom is 0.152 e. The van der Waals surface area contributed by atoms with Crippen LogP contribution in [0, 0.1) is 11.9 Å². The van der Waals surface area contributed by atoms with Crippen LogP contribution in [0.25, 0.3) is 0 Å². The molecule has 0 unspecified atom stereocenters. The van der Waals surface area contributed by atoms with Crippen molar-refractivity contribution in [2.45, 2.75) is 6.54 Å². The molecule has 5 heteroatoms. The lowest BCUT2D eigenvalue weighted by atomic mass is 10.2. The fourth-order valence-corrected chi connectivity index (χ4v) is 3.02. The van der Waals surface area contributed by atoms with E-state index in [0.29, 0.717) is 19.6 Å². The zero-order valence-electron chi connectivity index (χ0n) is 8.82. The summed E-state index contributed by atoms with van der Waals surface area (Å²) < 4.78 is 35.3. The summed E-state index contributed by atoms with van der Waals surface area (Å²) in [7, 11) is -2.84. The highest BCUT2D eigenvalue weighted by Gasteiger charge is 2.21. The molecular weight excluding hydrogens is 229 g/mol. The van der Waals surface area contributed by atoms with Gasteiger partial charge >= 0.3 is 0 Å². The predicted molar refractivity (Wildman–Crippen MR) is 59.2 cm³/mol. The first-order valence-electron chi connectivity index (χ1n) is 5.14. The normalized spacial score (nSPS) is 20.8. The minimum Gasteiger partial charge on any atom is -0.297 e. The Morgan fingerprint density at radius 1 is 1.38 bits per heavy atom. The van der Waals surface area contributed by atoms with Crippen LogP contribution >= 0.6 is 0 Å². The lowest BCUT2D eigenvalue weighted by Gasteiger charge is -2.26. The summed E-state index contributed by atoms with van der Waals surface area (Å²) in [6.07, 6.45) is 0. The number of sulfone groups is 1. The Bertz CT molecular complexity index is 459. The smallest absolute Gasteiger partial charge is 0.152 e. The van der Waals surface area contributed by atoms with Gasteiger partial charge in [-0.25, -0.2) is 12.8 Å². The van der Waals surface area contributed by atoms with Crippen molar-refractivity contribution >= 4 is 9.84 Å². The molecular formula is C11H13FNO2S. The fraction of sp³-hybridized carbons (Fsp3) is 0.455. The van der Waals surface area contributed by atoms with Gasteiger partial charge in [-0.3, -0.25) is 4.90 Å². The van der Waals surface area contributed by atoms with Crippen molar-refractivity contribution < 1.29 is 12.8 Å². The Balaban J connectivity index is 1.97. The molecule has 87 valence electrons. The fourth-order valence-electron chi connectivity index (χ4n) is 1.75. The molecule has 16 heavy (non-hydrogen) atoms. The minimum absolute atomic E-state index is 0.203. The van der Waals surface area contributed by atoms with E-state index in [-0.39, 0.29) is 17.3 Å². The second-order valence-corrected chi connectivity index (χ2v) is 6.28. The topological polar surface area (TPSA) is 37.4 Å². The second-order valence-electron chi connectivity index (χ2n) is 3.97. The van der Waals surface area contributed by atoms with Crippen molar-refractivity contribution in [3.05, 3.63) is 35.6 Å². The van der Waals surface area contributed by atoms with Gasteiger partial charge in [-0.15, -0.1) is 0 Å². The van der Waals surface area contributed by atoms with Crippen LogP contribution in [0.3, 0.4) is 0 Å². The molecule has 0 atom stereocenters. The van der Waals surface area contributed by atoms with Crippen molar-refractivity contribution in [2.24, 2.45) is 0 Å². The zero-order chi connectivity index (χ0) is 11.6. The molecule has 0 saturated carbocycles. The molecule has 0 N–H and O–H groups in total. The van der Waals surface area contributed by atoms with Crippen LogP contribution in [0.5, 0.6) is 0 Å². The molecule has 0 spiro atoms. The molecule has 2 rings (SSSR count). The average molecular weight is 242 g/mol. The van der Waals surface area contributed by atoms with Gasteiger partial charge in [0, 0.05) is 25.7 Å². The second kappa shape index (κ2) is 4.51. The van der Waals surface area contributed by atoms with Crippen LogP contribution < -0.4 is 0 Å². The van der Waals surface area contributed by atoms with Gasteiger partial charge in [0.1, 0.15) is 5.82 Å². The number of rotatable bonds is 2. The average Bonchev–Trinajstić information content (AvgIpc) is 2.21. The van der Waals surface area contributed by atoms with Crippen LogP contribution in [0.2, 0.25) is 0 Å². The Morgan fingerprint density at radius 2 is 2.06 bits per heavy atom. The third kappa shape index (κ3) is 3.02. The summed E-state index contributed by atoms with van der Waals surface area (Å²) in [5.74, 6) is 0.0326. The van der Waals surface area contributed by atoms with Crippen molar-refractivity contribution in [1.29, 1.82) is 0 Å². The first-order chi connectivity index (χ1) is 7.55. The largest absolute Gasteiger partial charge is 0.297 e. The molecule has 1 aliphatic rings. The first kappa shape index (κ1) is 11.5. The lowest BCUT2D eigenvalue weighted by Crippen LogP contribution is -2.39.